The van der Waals surface area contributed by atoms with Gasteiger partial charge >= 0.3 is 5.69 Å². The molecule has 0 bridgehead atoms. The van der Waals surface area contributed by atoms with Gasteiger partial charge in [-0.1, -0.05) is 26.2 Å². The van der Waals surface area contributed by atoms with Gasteiger partial charge in [-0.15, -0.1) is 0 Å². The van der Waals surface area contributed by atoms with Crippen molar-refractivity contribution in [2.75, 3.05) is 12.4 Å². The van der Waals surface area contributed by atoms with Gasteiger partial charge < -0.3 is 10.1 Å². The molecule has 1 heterocycles. The number of nitro groups is 1. The molecule has 6 nitrogen and oxygen atoms in total. The Labute approximate surface area is 118 Å². The summed E-state index contributed by atoms with van der Waals surface area (Å²) < 4.78 is 5.06. The van der Waals surface area contributed by atoms with E-state index >= 15 is 0 Å². The largest absolute Gasteiger partial charge is 0.481 e. The quantitative estimate of drug-likeness (QED) is 0.519. The van der Waals surface area contributed by atoms with E-state index in [2.05, 4.69) is 17.2 Å². The Morgan fingerprint density at radius 3 is 2.80 bits per heavy atom. The van der Waals surface area contributed by atoms with Crippen LogP contribution >= 0.6 is 0 Å². The van der Waals surface area contributed by atoms with Crippen LogP contribution in [0.2, 0.25) is 0 Å². The maximum atomic E-state index is 11.1. The predicted octanol–water partition coefficient (Wildman–Crippen LogP) is 3.38. The summed E-state index contributed by atoms with van der Waals surface area (Å²) >= 11 is 0. The van der Waals surface area contributed by atoms with Crippen LogP contribution in [0.4, 0.5) is 11.5 Å². The molecule has 1 saturated carbocycles. The number of hydrogen-bond acceptors (Lipinski definition) is 5. The standard InChI is InChI=1S/C14H21N3O3/c1-10-6-4-3-5-7-11(10)15-14-12(17(18)19)8-9-13(16-14)20-2/h8-11H,3-7H2,1-2H3,(H,15,16). The van der Waals surface area contributed by atoms with Crippen LogP contribution in [0, 0.1) is 16.0 Å². The first-order chi connectivity index (χ1) is 9.61. The number of aromatic nitrogens is 1. The molecule has 2 atom stereocenters. The smallest absolute Gasteiger partial charge is 0.311 e. The van der Waals surface area contributed by atoms with Gasteiger partial charge in [-0.05, 0) is 18.8 Å². The topological polar surface area (TPSA) is 77.3 Å². The molecule has 1 fully saturated rings. The number of nitrogens with zero attached hydrogens (tertiary/aromatic N) is 2. The molecule has 1 aliphatic rings. The molecule has 1 N–H and O–H groups in total. The Bertz CT molecular complexity index is 479. The molecular weight excluding hydrogens is 258 g/mol. The van der Waals surface area contributed by atoms with Gasteiger partial charge in [-0.3, -0.25) is 10.1 Å². The van der Waals surface area contributed by atoms with Gasteiger partial charge in [-0.2, -0.15) is 4.98 Å². The van der Waals surface area contributed by atoms with E-state index in [9.17, 15) is 10.1 Å². The fourth-order valence-corrected chi connectivity index (χ4v) is 2.68. The van der Waals surface area contributed by atoms with Crippen molar-refractivity contribution in [1.29, 1.82) is 0 Å². The van der Waals surface area contributed by atoms with Crippen LogP contribution in [-0.2, 0) is 0 Å². The fraction of sp³-hybridized carbons (Fsp3) is 0.643. The minimum atomic E-state index is -0.407. The lowest BCUT2D eigenvalue weighted by molar-refractivity contribution is -0.384. The van der Waals surface area contributed by atoms with Crippen molar-refractivity contribution in [3.8, 4) is 5.88 Å². The highest BCUT2D eigenvalue weighted by Crippen LogP contribution is 2.30. The summed E-state index contributed by atoms with van der Waals surface area (Å²) in [5.74, 6) is 1.19. The first-order valence-electron chi connectivity index (χ1n) is 7.07. The van der Waals surface area contributed by atoms with Crippen molar-refractivity contribution < 1.29 is 9.66 Å². The molecule has 20 heavy (non-hydrogen) atoms. The lowest BCUT2D eigenvalue weighted by atomic mass is 9.97. The second kappa shape index (κ2) is 6.54. The Hall–Kier alpha value is -1.85. The van der Waals surface area contributed by atoms with Crippen LogP contribution in [0.3, 0.4) is 0 Å². The van der Waals surface area contributed by atoms with E-state index in [1.807, 2.05) is 0 Å². The van der Waals surface area contributed by atoms with Crippen LogP contribution < -0.4 is 10.1 Å². The monoisotopic (exact) mass is 279 g/mol. The van der Waals surface area contributed by atoms with Gasteiger partial charge in [0.2, 0.25) is 11.7 Å². The third-order valence-electron chi connectivity index (χ3n) is 3.94. The Kier molecular flexibility index (Phi) is 4.76. The molecule has 1 aliphatic carbocycles. The molecule has 110 valence electrons. The average molecular weight is 279 g/mol. The molecule has 0 aromatic carbocycles. The lowest BCUT2D eigenvalue weighted by Crippen LogP contribution is -2.27. The van der Waals surface area contributed by atoms with E-state index in [1.54, 1.807) is 0 Å². The number of anilines is 1. The van der Waals surface area contributed by atoms with Gasteiger partial charge in [0.15, 0.2) is 0 Å². The van der Waals surface area contributed by atoms with Gasteiger partial charge in [-0.25, -0.2) is 0 Å². The molecule has 0 radical (unpaired) electrons. The molecule has 1 aromatic rings. The van der Waals surface area contributed by atoms with E-state index < -0.39 is 4.92 Å². The SMILES string of the molecule is COc1ccc([N+](=O)[O-])c(NC2CCCCCC2C)n1. The van der Waals surface area contributed by atoms with Crippen molar-refractivity contribution in [2.24, 2.45) is 5.92 Å². The van der Waals surface area contributed by atoms with Crippen molar-refractivity contribution in [1.82, 2.24) is 4.98 Å². The highest BCUT2D eigenvalue weighted by Gasteiger charge is 2.24. The van der Waals surface area contributed by atoms with Crippen LogP contribution in [0.25, 0.3) is 0 Å². The summed E-state index contributed by atoms with van der Waals surface area (Å²) in [5, 5.41) is 14.4. The first-order valence-corrected chi connectivity index (χ1v) is 7.07. The van der Waals surface area contributed by atoms with Crippen LogP contribution in [0.5, 0.6) is 5.88 Å². The number of ether oxygens (including phenoxy) is 1. The highest BCUT2D eigenvalue weighted by molar-refractivity contribution is 5.57. The summed E-state index contributed by atoms with van der Waals surface area (Å²) in [7, 11) is 1.51. The molecule has 2 rings (SSSR count). The number of pyridine rings is 1. The zero-order valence-electron chi connectivity index (χ0n) is 12.0. The molecule has 0 saturated heterocycles. The van der Waals surface area contributed by atoms with E-state index in [0.717, 1.165) is 19.3 Å². The van der Waals surface area contributed by atoms with Crippen molar-refractivity contribution in [3.05, 3.63) is 22.2 Å². The minimum absolute atomic E-state index is 0.00208. The van der Waals surface area contributed by atoms with E-state index in [-0.39, 0.29) is 11.7 Å². The summed E-state index contributed by atoms with van der Waals surface area (Å²) in [6.45, 7) is 2.19. The van der Waals surface area contributed by atoms with Crippen molar-refractivity contribution in [2.45, 2.75) is 45.1 Å². The molecule has 0 amide bonds. The molecule has 1 aromatic heterocycles. The lowest BCUT2D eigenvalue weighted by Gasteiger charge is -2.23. The van der Waals surface area contributed by atoms with Crippen LogP contribution in [0.15, 0.2) is 12.1 Å². The van der Waals surface area contributed by atoms with E-state index in [4.69, 9.17) is 4.74 Å². The van der Waals surface area contributed by atoms with Crippen molar-refractivity contribution in [3.63, 3.8) is 0 Å². The van der Waals surface area contributed by atoms with Crippen LogP contribution in [0.1, 0.15) is 39.0 Å². The van der Waals surface area contributed by atoms with Crippen molar-refractivity contribution >= 4 is 11.5 Å². The minimum Gasteiger partial charge on any atom is -0.481 e. The third-order valence-corrected chi connectivity index (χ3v) is 3.94. The summed E-state index contributed by atoms with van der Waals surface area (Å²) in [6, 6.07) is 3.19. The maximum Gasteiger partial charge on any atom is 0.311 e. The fourth-order valence-electron chi connectivity index (χ4n) is 2.68. The molecule has 0 aliphatic heterocycles. The summed E-state index contributed by atoms with van der Waals surface area (Å²) in [6.07, 6.45) is 5.79. The number of methoxy groups -OCH3 is 1. The Morgan fingerprint density at radius 1 is 1.35 bits per heavy atom. The average Bonchev–Trinajstić information content (AvgIpc) is 2.64. The van der Waals surface area contributed by atoms with Gasteiger partial charge in [0.25, 0.3) is 0 Å². The number of nitrogens with one attached hydrogen (secondary N) is 1. The second-order valence-corrected chi connectivity index (χ2v) is 5.34. The van der Waals surface area contributed by atoms with Gasteiger partial charge in [0.1, 0.15) is 0 Å². The zero-order valence-corrected chi connectivity index (χ0v) is 12.0. The normalized spacial score (nSPS) is 22.9. The van der Waals surface area contributed by atoms with Crippen LogP contribution in [-0.4, -0.2) is 23.1 Å². The Morgan fingerprint density at radius 2 is 2.10 bits per heavy atom. The zero-order chi connectivity index (χ0) is 14.5. The predicted molar refractivity (Wildman–Crippen MR) is 77.1 cm³/mol. The van der Waals surface area contributed by atoms with E-state index in [1.165, 1.54) is 32.1 Å². The summed E-state index contributed by atoms with van der Waals surface area (Å²) in [4.78, 5) is 14.9. The van der Waals surface area contributed by atoms with Gasteiger partial charge in [0, 0.05) is 18.2 Å². The summed E-state index contributed by atoms with van der Waals surface area (Å²) in [5.41, 5.74) is 0.00208. The molecular formula is C14H21N3O3. The van der Waals surface area contributed by atoms with E-state index in [0.29, 0.717) is 17.6 Å². The number of hydrogen-bond donors (Lipinski definition) is 1. The highest BCUT2D eigenvalue weighted by atomic mass is 16.6. The third kappa shape index (κ3) is 3.37. The van der Waals surface area contributed by atoms with Gasteiger partial charge in [0.05, 0.1) is 12.0 Å². The second-order valence-electron chi connectivity index (χ2n) is 5.34. The Balaban J connectivity index is 2.23. The number of rotatable bonds is 4. The maximum absolute atomic E-state index is 11.1. The first kappa shape index (κ1) is 14.6. The molecule has 0 spiro atoms. The molecule has 2 unspecified atom stereocenters. The molecule has 6 heteroatoms.